The summed E-state index contributed by atoms with van der Waals surface area (Å²) in [5.74, 6) is 0.548. The Bertz CT molecular complexity index is 520. The van der Waals surface area contributed by atoms with Crippen molar-refractivity contribution >= 4 is 17.5 Å². The van der Waals surface area contributed by atoms with Gasteiger partial charge in [0.1, 0.15) is 5.75 Å². The molecule has 1 rings (SSSR count). The fraction of sp³-hybridized carbons (Fsp3) is 0.529. The molecule has 0 radical (unpaired) electrons. The van der Waals surface area contributed by atoms with Crippen LogP contribution in [0, 0.1) is 0 Å². The Morgan fingerprint density at radius 2 is 1.91 bits per heavy atom. The molecule has 0 saturated heterocycles. The van der Waals surface area contributed by atoms with Crippen LogP contribution < -0.4 is 20.3 Å². The molecule has 3 N–H and O–H groups in total. The lowest BCUT2D eigenvalue weighted by Crippen LogP contribution is -3.14. The highest BCUT2D eigenvalue weighted by atomic mass is 16.5. The number of anilines is 1. The van der Waals surface area contributed by atoms with Crippen LogP contribution in [0.2, 0.25) is 0 Å². The van der Waals surface area contributed by atoms with Crippen molar-refractivity contribution in [3.05, 3.63) is 24.3 Å². The number of amides is 2. The van der Waals surface area contributed by atoms with E-state index in [1.807, 2.05) is 39.0 Å². The maximum Gasteiger partial charge on any atom is 0.279 e. The van der Waals surface area contributed by atoms with Gasteiger partial charge in [-0.05, 0) is 32.4 Å². The van der Waals surface area contributed by atoms with Gasteiger partial charge in [0, 0.05) is 17.8 Å². The first-order valence-corrected chi connectivity index (χ1v) is 8.05. The average molecular weight is 322 g/mol. The van der Waals surface area contributed by atoms with E-state index in [1.165, 1.54) is 0 Å². The molecule has 0 aliphatic heterocycles. The molecule has 0 bridgehead atoms. The molecule has 0 spiro atoms. The fourth-order valence-corrected chi connectivity index (χ4v) is 2.10. The molecular weight excluding hydrogens is 294 g/mol. The van der Waals surface area contributed by atoms with E-state index < -0.39 is 0 Å². The van der Waals surface area contributed by atoms with Gasteiger partial charge in [-0.3, -0.25) is 9.59 Å². The van der Waals surface area contributed by atoms with Gasteiger partial charge in [-0.25, -0.2) is 0 Å². The number of hydrogen-bond acceptors (Lipinski definition) is 3. The van der Waals surface area contributed by atoms with E-state index in [0.717, 1.165) is 11.3 Å². The van der Waals surface area contributed by atoms with Crippen molar-refractivity contribution in [2.24, 2.45) is 0 Å². The van der Waals surface area contributed by atoms with Gasteiger partial charge in [-0.15, -0.1) is 0 Å². The number of methoxy groups -OCH3 is 1. The molecule has 1 aromatic carbocycles. The predicted molar refractivity (Wildman–Crippen MR) is 90.8 cm³/mol. The summed E-state index contributed by atoms with van der Waals surface area (Å²) in [6.45, 7) is 7.22. The van der Waals surface area contributed by atoms with Gasteiger partial charge in [0.25, 0.3) is 11.8 Å². The van der Waals surface area contributed by atoms with Gasteiger partial charge >= 0.3 is 0 Å². The lowest BCUT2D eigenvalue weighted by molar-refractivity contribution is -0.881. The van der Waals surface area contributed by atoms with Crippen molar-refractivity contribution in [1.29, 1.82) is 0 Å². The molecule has 2 amide bonds. The highest BCUT2D eigenvalue weighted by molar-refractivity contribution is 5.91. The summed E-state index contributed by atoms with van der Waals surface area (Å²) in [5.41, 5.74) is 0.689. The molecule has 0 fully saturated rings. The molecule has 6 nitrogen and oxygen atoms in total. The number of benzene rings is 1. The normalized spacial score (nSPS) is 13.0. The van der Waals surface area contributed by atoms with Gasteiger partial charge in [0.05, 0.1) is 13.7 Å². The lowest BCUT2D eigenvalue weighted by Gasteiger charge is -2.18. The van der Waals surface area contributed by atoms with Crippen LogP contribution in [0.4, 0.5) is 5.69 Å². The summed E-state index contributed by atoms with van der Waals surface area (Å²) in [6.07, 6.45) is 0.892. The molecule has 0 heterocycles. The van der Waals surface area contributed by atoms with Crippen molar-refractivity contribution in [1.82, 2.24) is 5.32 Å². The molecule has 0 aromatic heterocycles. The highest BCUT2D eigenvalue weighted by Crippen LogP contribution is 2.16. The van der Waals surface area contributed by atoms with E-state index in [2.05, 4.69) is 10.6 Å². The quantitative estimate of drug-likeness (QED) is 0.618. The summed E-state index contributed by atoms with van der Waals surface area (Å²) < 4.78 is 5.13. The summed E-state index contributed by atoms with van der Waals surface area (Å²) in [7, 11) is 1.58. The SMILES string of the molecule is CC[C@@H](C)NC(=O)C[NH+](CC)CC(=O)Nc1cccc(OC)c1. The standard InChI is InChI=1S/C17H27N3O3/c1-5-13(3)18-16(21)11-20(6-2)12-17(22)19-14-8-7-9-15(10-14)23-4/h7-10,13H,5-6,11-12H2,1-4H3,(H,18,21)(H,19,22)/p+1/t13-/m1/s1. The van der Waals surface area contributed by atoms with E-state index in [-0.39, 0.29) is 24.4 Å². The Morgan fingerprint density at radius 1 is 1.22 bits per heavy atom. The van der Waals surface area contributed by atoms with Crippen molar-refractivity contribution in [2.45, 2.75) is 33.2 Å². The number of hydrogen-bond donors (Lipinski definition) is 3. The maximum absolute atomic E-state index is 12.1. The van der Waals surface area contributed by atoms with Crippen molar-refractivity contribution in [3.8, 4) is 5.75 Å². The first-order chi connectivity index (χ1) is 11.0. The molecule has 0 saturated carbocycles. The number of ether oxygens (including phenoxy) is 1. The Morgan fingerprint density at radius 3 is 2.52 bits per heavy atom. The number of carbonyl (C=O) groups excluding carboxylic acids is 2. The third kappa shape index (κ3) is 7.15. The second-order valence-corrected chi connectivity index (χ2v) is 5.61. The van der Waals surface area contributed by atoms with Crippen LogP contribution >= 0.6 is 0 Å². The summed E-state index contributed by atoms with van der Waals surface area (Å²) in [4.78, 5) is 25.0. The average Bonchev–Trinajstić information content (AvgIpc) is 2.53. The minimum absolute atomic E-state index is 0.0228. The van der Waals surface area contributed by atoms with Crippen LogP contribution in [-0.2, 0) is 9.59 Å². The number of carbonyl (C=O) groups is 2. The monoisotopic (exact) mass is 322 g/mol. The predicted octanol–water partition coefficient (Wildman–Crippen LogP) is 0.453. The summed E-state index contributed by atoms with van der Waals surface area (Å²) >= 11 is 0. The van der Waals surface area contributed by atoms with Crippen molar-refractivity contribution in [3.63, 3.8) is 0 Å². The zero-order valence-corrected chi connectivity index (χ0v) is 14.4. The van der Waals surface area contributed by atoms with Crippen LogP contribution in [-0.4, -0.2) is 44.6 Å². The Hall–Kier alpha value is -2.08. The molecule has 6 heteroatoms. The number of nitrogens with one attached hydrogen (secondary N) is 3. The van der Waals surface area contributed by atoms with Gasteiger partial charge in [0.2, 0.25) is 0 Å². The Labute approximate surface area is 138 Å². The zero-order valence-electron chi connectivity index (χ0n) is 14.4. The van der Waals surface area contributed by atoms with Crippen LogP contribution in [0.5, 0.6) is 5.75 Å². The van der Waals surface area contributed by atoms with Crippen LogP contribution in [0.1, 0.15) is 27.2 Å². The number of rotatable bonds is 9. The first kappa shape index (κ1) is 19.0. The Kier molecular flexibility index (Phi) is 8.11. The van der Waals surface area contributed by atoms with E-state index in [0.29, 0.717) is 24.5 Å². The first-order valence-electron chi connectivity index (χ1n) is 8.05. The summed E-state index contributed by atoms with van der Waals surface area (Å²) in [6, 6.07) is 7.36. The molecule has 128 valence electrons. The maximum atomic E-state index is 12.1. The van der Waals surface area contributed by atoms with Crippen LogP contribution in [0.15, 0.2) is 24.3 Å². The van der Waals surface area contributed by atoms with Gasteiger partial charge in [-0.1, -0.05) is 13.0 Å². The molecule has 1 unspecified atom stereocenters. The second-order valence-electron chi connectivity index (χ2n) is 5.61. The number of likely N-dealkylation sites (N-methyl/N-ethyl adjacent to an activating group) is 1. The van der Waals surface area contributed by atoms with Crippen molar-refractivity contribution in [2.75, 3.05) is 32.1 Å². The minimum Gasteiger partial charge on any atom is -0.497 e. The van der Waals surface area contributed by atoms with Gasteiger partial charge < -0.3 is 20.3 Å². The molecule has 0 aliphatic rings. The van der Waals surface area contributed by atoms with Gasteiger partial charge in [-0.2, -0.15) is 0 Å². The van der Waals surface area contributed by atoms with E-state index in [4.69, 9.17) is 4.74 Å². The van der Waals surface area contributed by atoms with Crippen LogP contribution in [0.25, 0.3) is 0 Å². The third-order valence-corrected chi connectivity index (χ3v) is 3.69. The smallest absolute Gasteiger partial charge is 0.279 e. The fourth-order valence-electron chi connectivity index (χ4n) is 2.10. The number of quaternary nitrogens is 1. The van der Waals surface area contributed by atoms with E-state index in [1.54, 1.807) is 13.2 Å². The summed E-state index contributed by atoms with van der Waals surface area (Å²) in [5, 5.41) is 5.76. The van der Waals surface area contributed by atoms with E-state index in [9.17, 15) is 9.59 Å². The highest BCUT2D eigenvalue weighted by Gasteiger charge is 2.17. The lowest BCUT2D eigenvalue weighted by atomic mass is 10.2. The zero-order chi connectivity index (χ0) is 17.2. The largest absolute Gasteiger partial charge is 0.497 e. The molecule has 1 aromatic rings. The molecule has 0 aliphatic carbocycles. The van der Waals surface area contributed by atoms with Crippen molar-refractivity contribution < 1.29 is 19.2 Å². The molecular formula is C17H28N3O3+. The van der Waals surface area contributed by atoms with Gasteiger partial charge in [0.15, 0.2) is 13.1 Å². The Balaban J connectivity index is 2.50. The topological polar surface area (TPSA) is 71.9 Å². The van der Waals surface area contributed by atoms with Crippen LogP contribution in [0.3, 0.4) is 0 Å². The molecule has 2 atom stereocenters. The second kappa shape index (κ2) is 9.84. The van der Waals surface area contributed by atoms with E-state index >= 15 is 0 Å². The third-order valence-electron chi connectivity index (χ3n) is 3.69. The minimum atomic E-state index is -0.119. The molecule has 23 heavy (non-hydrogen) atoms.